The zero-order chi connectivity index (χ0) is 20.0. The predicted molar refractivity (Wildman–Crippen MR) is 106 cm³/mol. The number of benzene rings is 2. The van der Waals surface area contributed by atoms with Crippen LogP contribution in [0.4, 0.5) is 5.69 Å². The van der Waals surface area contributed by atoms with E-state index in [1.165, 1.54) is 14.0 Å². The van der Waals surface area contributed by atoms with E-state index >= 15 is 0 Å². The van der Waals surface area contributed by atoms with E-state index in [2.05, 4.69) is 10.6 Å². The summed E-state index contributed by atoms with van der Waals surface area (Å²) in [5, 5.41) is 5.40. The number of aryl methyl sites for hydroxylation is 2. The first-order valence-electron chi connectivity index (χ1n) is 8.43. The van der Waals surface area contributed by atoms with Crippen molar-refractivity contribution in [2.24, 2.45) is 0 Å². The average Bonchev–Trinajstić information content (AvgIpc) is 2.59. The second-order valence-electron chi connectivity index (χ2n) is 6.18. The van der Waals surface area contributed by atoms with Gasteiger partial charge >= 0.3 is 0 Å². The minimum absolute atomic E-state index is 0.133. The molecule has 2 aromatic carbocycles. The molecule has 0 heterocycles. The quantitative estimate of drug-likeness (QED) is 0.766. The molecular weight excluding hydrogens is 344 g/mol. The van der Waals surface area contributed by atoms with Crippen molar-refractivity contribution in [1.29, 1.82) is 0 Å². The molecule has 142 valence electrons. The van der Waals surface area contributed by atoms with Gasteiger partial charge in [0.1, 0.15) is 5.70 Å². The lowest BCUT2D eigenvalue weighted by Crippen LogP contribution is -2.29. The maximum Gasteiger partial charge on any atom is 0.272 e. The Morgan fingerprint density at radius 3 is 2.11 bits per heavy atom. The van der Waals surface area contributed by atoms with Gasteiger partial charge in [0, 0.05) is 12.6 Å². The molecule has 0 aromatic heterocycles. The first-order valence-corrected chi connectivity index (χ1v) is 8.43. The lowest BCUT2D eigenvalue weighted by Gasteiger charge is -2.12. The first-order chi connectivity index (χ1) is 12.8. The van der Waals surface area contributed by atoms with Crippen LogP contribution in [0.5, 0.6) is 11.5 Å². The topological polar surface area (TPSA) is 76.7 Å². The zero-order valence-corrected chi connectivity index (χ0v) is 16.2. The summed E-state index contributed by atoms with van der Waals surface area (Å²) in [5.74, 6) is 0.362. The second kappa shape index (κ2) is 8.89. The van der Waals surface area contributed by atoms with Gasteiger partial charge in [0.25, 0.3) is 5.91 Å². The lowest BCUT2D eigenvalue weighted by molar-refractivity contribution is -0.120. The Labute approximate surface area is 159 Å². The summed E-state index contributed by atoms with van der Waals surface area (Å²) in [6.07, 6.45) is 1.58. The van der Waals surface area contributed by atoms with E-state index in [-0.39, 0.29) is 11.6 Å². The van der Waals surface area contributed by atoms with Crippen molar-refractivity contribution in [2.75, 3.05) is 19.5 Å². The van der Waals surface area contributed by atoms with Gasteiger partial charge in [0.15, 0.2) is 11.5 Å². The van der Waals surface area contributed by atoms with E-state index in [1.807, 2.05) is 32.0 Å². The van der Waals surface area contributed by atoms with E-state index in [4.69, 9.17) is 9.47 Å². The maximum absolute atomic E-state index is 12.7. The lowest BCUT2D eigenvalue weighted by atomic mass is 10.1. The molecule has 2 rings (SSSR count). The molecule has 0 aliphatic carbocycles. The molecule has 6 nitrogen and oxygen atoms in total. The normalized spacial score (nSPS) is 10.9. The molecule has 0 spiro atoms. The van der Waals surface area contributed by atoms with Gasteiger partial charge in [0.05, 0.1) is 14.2 Å². The molecule has 27 heavy (non-hydrogen) atoms. The van der Waals surface area contributed by atoms with Crippen molar-refractivity contribution in [3.63, 3.8) is 0 Å². The molecular formula is C21H24N2O4. The fourth-order valence-electron chi connectivity index (χ4n) is 2.70. The van der Waals surface area contributed by atoms with E-state index in [1.54, 1.807) is 31.4 Å². The highest BCUT2D eigenvalue weighted by molar-refractivity contribution is 6.08. The number of hydrogen-bond acceptors (Lipinski definition) is 4. The summed E-state index contributed by atoms with van der Waals surface area (Å²) in [6, 6.07) is 11.0. The molecule has 0 bridgehead atoms. The summed E-state index contributed by atoms with van der Waals surface area (Å²) >= 11 is 0. The van der Waals surface area contributed by atoms with E-state index in [0.29, 0.717) is 22.7 Å². The molecule has 0 atom stereocenters. The predicted octanol–water partition coefficient (Wildman–Crippen LogP) is 3.44. The van der Waals surface area contributed by atoms with Gasteiger partial charge in [-0.1, -0.05) is 12.1 Å². The monoisotopic (exact) mass is 368 g/mol. The van der Waals surface area contributed by atoms with Crippen molar-refractivity contribution in [1.82, 2.24) is 5.32 Å². The van der Waals surface area contributed by atoms with Crippen LogP contribution in [0.3, 0.4) is 0 Å². The van der Waals surface area contributed by atoms with Crippen molar-refractivity contribution < 1.29 is 19.1 Å². The number of nitrogens with one attached hydrogen (secondary N) is 2. The van der Waals surface area contributed by atoms with Gasteiger partial charge < -0.3 is 20.1 Å². The van der Waals surface area contributed by atoms with Gasteiger partial charge in [-0.15, -0.1) is 0 Å². The van der Waals surface area contributed by atoms with Crippen LogP contribution in [0.15, 0.2) is 42.1 Å². The van der Waals surface area contributed by atoms with Gasteiger partial charge in [-0.05, 0) is 60.9 Å². The second-order valence-corrected chi connectivity index (χ2v) is 6.18. The van der Waals surface area contributed by atoms with Crippen LogP contribution < -0.4 is 20.1 Å². The number of ether oxygens (including phenoxy) is 2. The zero-order valence-electron chi connectivity index (χ0n) is 16.2. The van der Waals surface area contributed by atoms with Crippen molar-refractivity contribution >= 4 is 23.6 Å². The largest absolute Gasteiger partial charge is 0.493 e. The molecule has 2 amide bonds. The first kappa shape index (κ1) is 20.0. The number of carbonyl (C=O) groups excluding carboxylic acids is 2. The van der Waals surface area contributed by atoms with Crippen LogP contribution in [-0.4, -0.2) is 26.0 Å². The van der Waals surface area contributed by atoms with Crippen LogP contribution in [-0.2, 0) is 9.59 Å². The third kappa shape index (κ3) is 5.60. The van der Waals surface area contributed by atoms with Crippen LogP contribution in [0.1, 0.15) is 23.6 Å². The summed E-state index contributed by atoms with van der Waals surface area (Å²) in [6.45, 7) is 5.26. The highest BCUT2D eigenvalue weighted by Crippen LogP contribution is 2.28. The van der Waals surface area contributed by atoms with Crippen LogP contribution in [0.2, 0.25) is 0 Å². The highest BCUT2D eigenvalue weighted by Gasteiger charge is 2.13. The van der Waals surface area contributed by atoms with Crippen LogP contribution in [0, 0.1) is 13.8 Å². The Morgan fingerprint density at radius 2 is 1.56 bits per heavy atom. The number of anilines is 1. The molecule has 0 saturated heterocycles. The average molecular weight is 368 g/mol. The van der Waals surface area contributed by atoms with Crippen molar-refractivity contribution in [2.45, 2.75) is 20.8 Å². The molecule has 0 radical (unpaired) electrons. The fourth-order valence-corrected chi connectivity index (χ4v) is 2.70. The van der Waals surface area contributed by atoms with E-state index < -0.39 is 5.91 Å². The number of methoxy groups -OCH3 is 2. The molecule has 0 aliphatic heterocycles. The molecule has 6 heteroatoms. The highest BCUT2D eigenvalue weighted by atomic mass is 16.5. The van der Waals surface area contributed by atoms with E-state index in [9.17, 15) is 9.59 Å². The SMILES string of the molecule is COc1ccc(/C=C(/NC(C)=O)C(=O)Nc2cc(C)cc(C)c2)cc1OC. The Morgan fingerprint density at radius 1 is 0.926 bits per heavy atom. The van der Waals surface area contributed by atoms with Crippen molar-refractivity contribution in [3.05, 3.63) is 58.8 Å². The molecule has 0 aliphatic rings. The van der Waals surface area contributed by atoms with Gasteiger partial charge in [-0.2, -0.15) is 0 Å². The van der Waals surface area contributed by atoms with E-state index in [0.717, 1.165) is 11.1 Å². The van der Waals surface area contributed by atoms with Crippen LogP contribution in [0.25, 0.3) is 6.08 Å². The Hall–Kier alpha value is -3.28. The smallest absolute Gasteiger partial charge is 0.272 e. The molecule has 0 fully saturated rings. The third-order valence-electron chi connectivity index (χ3n) is 3.75. The summed E-state index contributed by atoms with van der Waals surface area (Å²) in [5.41, 5.74) is 3.56. The third-order valence-corrected chi connectivity index (χ3v) is 3.75. The Kier molecular flexibility index (Phi) is 6.60. The van der Waals surface area contributed by atoms with Crippen LogP contribution >= 0.6 is 0 Å². The fraction of sp³-hybridized carbons (Fsp3) is 0.238. The van der Waals surface area contributed by atoms with Gasteiger partial charge in [-0.3, -0.25) is 9.59 Å². The number of carbonyl (C=O) groups is 2. The summed E-state index contributed by atoms with van der Waals surface area (Å²) < 4.78 is 10.5. The number of hydrogen-bond donors (Lipinski definition) is 2. The number of amides is 2. The molecule has 2 aromatic rings. The molecule has 0 saturated carbocycles. The minimum atomic E-state index is -0.412. The molecule has 2 N–H and O–H groups in total. The van der Waals surface area contributed by atoms with Gasteiger partial charge in [-0.25, -0.2) is 0 Å². The Bertz CT molecular complexity index is 867. The Balaban J connectivity index is 2.34. The maximum atomic E-state index is 12.7. The van der Waals surface area contributed by atoms with Gasteiger partial charge in [0.2, 0.25) is 5.91 Å². The standard InChI is InChI=1S/C21H24N2O4/c1-13-8-14(2)10-17(9-13)23-21(25)18(22-15(3)24)11-16-6-7-19(26-4)20(12-16)27-5/h6-12H,1-5H3,(H,22,24)(H,23,25)/b18-11+. The number of rotatable bonds is 6. The van der Waals surface area contributed by atoms with Crippen molar-refractivity contribution in [3.8, 4) is 11.5 Å². The molecule has 0 unspecified atom stereocenters. The minimum Gasteiger partial charge on any atom is -0.493 e. The summed E-state index contributed by atoms with van der Waals surface area (Å²) in [4.78, 5) is 24.3. The summed E-state index contributed by atoms with van der Waals surface area (Å²) in [7, 11) is 3.08.